The molecule has 0 spiro atoms. The lowest BCUT2D eigenvalue weighted by Gasteiger charge is -2.23. The van der Waals surface area contributed by atoms with E-state index in [1.165, 1.54) is 25.7 Å². The van der Waals surface area contributed by atoms with Crippen LogP contribution < -0.4 is 5.73 Å². The molecule has 0 aromatic rings. The van der Waals surface area contributed by atoms with Gasteiger partial charge in [-0.15, -0.1) is 0 Å². The zero-order chi connectivity index (χ0) is 9.97. The highest BCUT2D eigenvalue weighted by Crippen LogP contribution is 2.35. The molecule has 0 radical (unpaired) electrons. The van der Waals surface area contributed by atoms with Crippen molar-refractivity contribution in [1.82, 2.24) is 4.90 Å². The second kappa shape index (κ2) is 4.17. The summed E-state index contributed by atoms with van der Waals surface area (Å²) < 4.78 is 0. The predicted octanol–water partition coefficient (Wildman–Crippen LogP) is 0.855. The maximum absolute atomic E-state index is 8.49. The SMILES string of the molecule is N/C(CN1CC2CCCCC2C1)=N\O. The average molecular weight is 197 g/mol. The van der Waals surface area contributed by atoms with Gasteiger partial charge in [-0.2, -0.15) is 0 Å². The van der Waals surface area contributed by atoms with Gasteiger partial charge in [0, 0.05) is 13.1 Å². The Hall–Kier alpha value is -0.770. The van der Waals surface area contributed by atoms with E-state index in [4.69, 9.17) is 10.9 Å². The van der Waals surface area contributed by atoms with E-state index in [2.05, 4.69) is 10.1 Å². The third-order valence-corrected chi connectivity index (χ3v) is 3.57. The van der Waals surface area contributed by atoms with Crippen molar-refractivity contribution in [1.29, 1.82) is 0 Å². The van der Waals surface area contributed by atoms with Crippen molar-refractivity contribution in [3.8, 4) is 0 Å². The van der Waals surface area contributed by atoms with Crippen LogP contribution in [-0.2, 0) is 0 Å². The zero-order valence-corrected chi connectivity index (χ0v) is 8.52. The number of hydrogen-bond donors (Lipinski definition) is 2. The Labute approximate surface area is 84.8 Å². The van der Waals surface area contributed by atoms with Crippen LogP contribution in [0.5, 0.6) is 0 Å². The molecule has 1 saturated carbocycles. The Kier molecular flexibility index (Phi) is 2.91. The Morgan fingerprint density at radius 2 is 1.86 bits per heavy atom. The highest BCUT2D eigenvalue weighted by molar-refractivity contribution is 5.81. The molecule has 2 aliphatic rings. The number of nitrogens with zero attached hydrogens (tertiary/aromatic N) is 2. The first-order valence-electron chi connectivity index (χ1n) is 5.48. The lowest BCUT2D eigenvalue weighted by atomic mass is 9.82. The van der Waals surface area contributed by atoms with Crippen molar-refractivity contribution in [2.45, 2.75) is 25.7 Å². The third-order valence-electron chi connectivity index (χ3n) is 3.57. The second-order valence-electron chi connectivity index (χ2n) is 4.59. The van der Waals surface area contributed by atoms with E-state index in [1.807, 2.05) is 0 Å². The van der Waals surface area contributed by atoms with Crippen LogP contribution in [0.15, 0.2) is 5.16 Å². The molecule has 1 aliphatic carbocycles. The smallest absolute Gasteiger partial charge is 0.153 e. The molecular formula is C10H19N3O. The van der Waals surface area contributed by atoms with E-state index in [0.717, 1.165) is 24.9 Å². The molecule has 2 atom stereocenters. The second-order valence-corrected chi connectivity index (χ2v) is 4.59. The molecule has 2 unspecified atom stereocenters. The van der Waals surface area contributed by atoms with Gasteiger partial charge in [-0.05, 0) is 24.7 Å². The molecule has 1 aliphatic heterocycles. The maximum Gasteiger partial charge on any atom is 0.153 e. The number of fused-ring (bicyclic) bond motifs is 1. The van der Waals surface area contributed by atoms with Crippen molar-refractivity contribution in [2.24, 2.45) is 22.7 Å². The fourth-order valence-corrected chi connectivity index (χ4v) is 2.89. The van der Waals surface area contributed by atoms with Gasteiger partial charge in [0.2, 0.25) is 0 Å². The number of oxime groups is 1. The number of hydrogen-bond acceptors (Lipinski definition) is 3. The van der Waals surface area contributed by atoms with Gasteiger partial charge in [0.25, 0.3) is 0 Å². The van der Waals surface area contributed by atoms with Gasteiger partial charge >= 0.3 is 0 Å². The molecule has 0 bridgehead atoms. The first-order chi connectivity index (χ1) is 6.79. The van der Waals surface area contributed by atoms with E-state index < -0.39 is 0 Å². The number of likely N-dealkylation sites (tertiary alicyclic amines) is 1. The van der Waals surface area contributed by atoms with Gasteiger partial charge in [0.1, 0.15) is 0 Å². The summed E-state index contributed by atoms with van der Waals surface area (Å²) in [7, 11) is 0. The quantitative estimate of drug-likeness (QED) is 0.299. The van der Waals surface area contributed by atoms with E-state index in [0.29, 0.717) is 12.4 Å². The number of nitrogens with two attached hydrogens (primary N) is 1. The normalized spacial score (nSPS) is 34.4. The van der Waals surface area contributed by atoms with Gasteiger partial charge in [0.15, 0.2) is 5.84 Å². The summed E-state index contributed by atoms with van der Waals surface area (Å²) in [5, 5.41) is 11.5. The largest absolute Gasteiger partial charge is 0.409 e. The Balaban J connectivity index is 1.86. The predicted molar refractivity (Wildman–Crippen MR) is 55.3 cm³/mol. The van der Waals surface area contributed by atoms with E-state index in [9.17, 15) is 0 Å². The molecule has 2 fully saturated rings. The molecule has 0 aromatic heterocycles. The fourth-order valence-electron chi connectivity index (χ4n) is 2.89. The Morgan fingerprint density at radius 1 is 1.29 bits per heavy atom. The Bertz CT molecular complexity index is 215. The number of rotatable bonds is 2. The van der Waals surface area contributed by atoms with Crippen LogP contribution in [-0.4, -0.2) is 35.6 Å². The van der Waals surface area contributed by atoms with Crippen molar-refractivity contribution in [2.75, 3.05) is 19.6 Å². The fraction of sp³-hybridized carbons (Fsp3) is 0.900. The molecule has 80 valence electrons. The molecule has 4 nitrogen and oxygen atoms in total. The van der Waals surface area contributed by atoms with Crippen molar-refractivity contribution in [3.05, 3.63) is 0 Å². The molecular weight excluding hydrogens is 178 g/mol. The van der Waals surface area contributed by atoms with Crippen LogP contribution in [0.4, 0.5) is 0 Å². The summed E-state index contributed by atoms with van der Waals surface area (Å²) in [6, 6.07) is 0. The van der Waals surface area contributed by atoms with Gasteiger partial charge < -0.3 is 10.9 Å². The molecule has 0 aromatic carbocycles. The van der Waals surface area contributed by atoms with Gasteiger partial charge in [-0.1, -0.05) is 18.0 Å². The van der Waals surface area contributed by atoms with Gasteiger partial charge in [-0.3, -0.25) is 4.90 Å². The molecule has 0 amide bonds. The molecule has 1 saturated heterocycles. The minimum absolute atomic E-state index is 0.337. The average Bonchev–Trinajstić information content (AvgIpc) is 2.59. The minimum Gasteiger partial charge on any atom is -0.409 e. The number of amidine groups is 1. The summed E-state index contributed by atoms with van der Waals surface area (Å²) in [4.78, 5) is 2.32. The third kappa shape index (κ3) is 2.00. The lowest BCUT2D eigenvalue weighted by Crippen LogP contribution is -2.32. The highest BCUT2D eigenvalue weighted by Gasteiger charge is 2.34. The van der Waals surface area contributed by atoms with Crippen LogP contribution in [0.3, 0.4) is 0 Å². The molecule has 1 heterocycles. The topological polar surface area (TPSA) is 61.8 Å². The molecule has 3 N–H and O–H groups in total. The summed E-state index contributed by atoms with van der Waals surface area (Å²) in [5.41, 5.74) is 5.50. The van der Waals surface area contributed by atoms with E-state index in [1.54, 1.807) is 0 Å². The van der Waals surface area contributed by atoms with Crippen molar-refractivity contribution in [3.63, 3.8) is 0 Å². The van der Waals surface area contributed by atoms with Crippen molar-refractivity contribution >= 4 is 5.84 Å². The van der Waals surface area contributed by atoms with Crippen molar-refractivity contribution < 1.29 is 5.21 Å². The first kappa shape index (κ1) is 9.77. The maximum atomic E-state index is 8.49. The van der Waals surface area contributed by atoms with Gasteiger partial charge in [0.05, 0.1) is 6.54 Å². The minimum atomic E-state index is 0.337. The van der Waals surface area contributed by atoms with Crippen LogP contribution in [0.2, 0.25) is 0 Å². The monoisotopic (exact) mass is 197 g/mol. The zero-order valence-electron chi connectivity index (χ0n) is 8.52. The lowest BCUT2D eigenvalue weighted by molar-refractivity contribution is 0.299. The van der Waals surface area contributed by atoms with Crippen LogP contribution in [0, 0.1) is 11.8 Å². The standard InChI is InChI=1S/C10H19N3O/c11-10(12-14)7-13-5-8-3-1-2-4-9(8)6-13/h8-9,14H,1-7H2,(H2,11,12). The summed E-state index contributed by atoms with van der Waals surface area (Å²) in [5.74, 6) is 2.08. The molecule has 4 heteroatoms. The van der Waals surface area contributed by atoms with Crippen LogP contribution in [0.25, 0.3) is 0 Å². The Morgan fingerprint density at radius 3 is 2.36 bits per heavy atom. The summed E-state index contributed by atoms with van der Waals surface area (Å²) >= 11 is 0. The van der Waals surface area contributed by atoms with E-state index in [-0.39, 0.29) is 0 Å². The van der Waals surface area contributed by atoms with Gasteiger partial charge in [-0.25, -0.2) is 0 Å². The first-order valence-corrected chi connectivity index (χ1v) is 5.48. The van der Waals surface area contributed by atoms with E-state index >= 15 is 0 Å². The highest BCUT2D eigenvalue weighted by atomic mass is 16.4. The van der Waals surface area contributed by atoms with Crippen LogP contribution in [0.1, 0.15) is 25.7 Å². The summed E-state index contributed by atoms with van der Waals surface area (Å²) in [6.07, 6.45) is 5.52. The van der Waals surface area contributed by atoms with Crippen LogP contribution >= 0.6 is 0 Å². The molecule has 2 rings (SSSR count). The summed E-state index contributed by atoms with van der Waals surface area (Å²) in [6.45, 7) is 2.91. The molecule has 14 heavy (non-hydrogen) atoms.